The van der Waals surface area contributed by atoms with Crippen LogP contribution in [0.3, 0.4) is 0 Å². The van der Waals surface area contributed by atoms with Crippen LogP contribution in [0.5, 0.6) is 11.5 Å². The molecule has 548 valence electrons. The van der Waals surface area contributed by atoms with Crippen LogP contribution in [0.2, 0.25) is 75.5 Å². The molecule has 2 fully saturated rings. The number of esters is 2. The SMILES string of the molecule is COC(=O)c1[nH]c(C(CCO[Si](C)(C)C(C)(C)C)C2CCN(C(=O)OC(C)(C)C)CC2)nc1-c1ccc(OC)cc1.COC(=O)c1c(-c2ccc(OC)cc2)nc(C(CCO[Si](C)(C)C(C)(C)C)C2CCN(C(=O)OC(C)(C)C)CC2)n1N.C[Si](C)(C)[N-][Si](C)(C)C.NP=[P+]([O-])O.[Li+]. The molecule has 2 aromatic carbocycles. The van der Waals surface area contributed by atoms with E-state index in [0.29, 0.717) is 74.5 Å². The van der Waals surface area contributed by atoms with E-state index >= 15 is 0 Å². The second-order valence-electron chi connectivity index (χ2n) is 31.8. The van der Waals surface area contributed by atoms with E-state index in [-0.39, 0.29) is 78.5 Å². The van der Waals surface area contributed by atoms with Gasteiger partial charge in [-0.05, 0) is 177 Å². The van der Waals surface area contributed by atoms with Crippen molar-refractivity contribution in [2.24, 2.45) is 17.3 Å². The maximum Gasteiger partial charge on any atom is 1.00 e. The Kier molecular flexibility index (Phi) is 34.9. The number of amides is 2. The first kappa shape index (κ1) is 89.6. The van der Waals surface area contributed by atoms with Crippen LogP contribution in [-0.2, 0) is 27.8 Å². The number of benzene rings is 2. The third-order valence-electron chi connectivity index (χ3n) is 17.5. The van der Waals surface area contributed by atoms with Gasteiger partial charge in [0.1, 0.15) is 45.7 Å². The zero-order valence-electron chi connectivity index (χ0n) is 64.4. The summed E-state index contributed by atoms with van der Waals surface area (Å²) in [6.07, 6.45) is 3.97. The number of hydrogen-bond acceptors (Lipinski definition) is 16. The molecule has 4 aromatic rings. The fourth-order valence-corrected chi connectivity index (χ4v) is 21.0. The van der Waals surface area contributed by atoms with Gasteiger partial charge in [-0.2, -0.15) is 4.89 Å². The van der Waals surface area contributed by atoms with Crippen LogP contribution < -0.4 is 44.6 Å². The summed E-state index contributed by atoms with van der Waals surface area (Å²) >= 11 is 0. The van der Waals surface area contributed by atoms with Crippen molar-refractivity contribution >= 4 is 72.9 Å². The van der Waals surface area contributed by atoms with Crippen LogP contribution in [0, 0.1) is 11.8 Å². The molecule has 4 heterocycles. The van der Waals surface area contributed by atoms with Crippen LogP contribution in [0.25, 0.3) is 27.2 Å². The molecule has 2 amide bonds. The van der Waals surface area contributed by atoms with Gasteiger partial charge in [0.05, 0.1) is 28.4 Å². The zero-order chi connectivity index (χ0) is 74.0. The number of imidazole rings is 2. The number of aromatic amines is 1. The molecule has 0 spiro atoms. The minimum atomic E-state index is -2.10. The maximum atomic E-state index is 13.0. The van der Waals surface area contributed by atoms with E-state index in [0.717, 1.165) is 54.8 Å². The van der Waals surface area contributed by atoms with E-state index in [1.54, 1.807) is 24.0 Å². The van der Waals surface area contributed by atoms with Crippen LogP contribution in [0.1, 0.15) is 166 Å². The minimum Gasteiger partial charge on any atom is -0.668 e. The zero-order valence-corrected chi connectivity index (χ0v) is 70.2. The van der Waals surface area contributed by atoms with Gasteiger partial charge in [-0.3, -0.25) is 0 Å². The molecule has 30 heteroatoms. The summed E-state index contributed by atoms with van der Waals surface area (Å²) in [7, 11) is -2.26. The van der Waals surface area contributed by atoms with E-state index in [1.165, 1.54) is 18.9 Å². The largest absolute Gasteiger partial charge is 1.00 e. The van der Waals surface area contributed by atoms with Crippen molar-refractivity contribution in [1.82, 2.24) is 29.4 Å². The predicted molar refractivity (Wildman–Crippen MR) is 400 cm³/mol. The maximum absolute atomic E-state index is 13.0. The number of rotatable bonds is 20. The standard InChI is InChI=1S/C31H50N4O6Si.C31H49N3O6Si.C6H18NSi2.Li.H3NO2P2/c1-30(2,3)41-29(37)34-18-15-21(16-19-34)24(17-20-40-42(9,10)31(4,5)6)27-33-25(26(35(27)32)28(36)39-8)22-11-13-23(38-7)14-12-22;1-30(2,3)40-29(36)34-18-15-21(16-19-34)24(17-20-39-41(9,10)31(4,5)6)27-32-25(26(33-27)28(35)38-8)22-11-13-23(37-7)14-12-22;1-8(2,3)7-9(4,5)6;;1-4-5(2)3/h11-14,21,24H,15-20,32H2,1-10H3;11-14,21,24H,15-20H2,1-10H3,(H,32,33);1-6H3;;1H2,(H,2,3)/q;;-1;+1;. The van der Waals surface area contributed by atoms with Crippen LogP contribution in [0.4, 0.5) is 9.59 Å². The number of nitrogens with two attached hydrogens (primary N) is 2. The average molecular weight is 1470 g/mol. The van der Waals surface area contributed by atoms with Crippen molar-refractivity contribution in [2.45, 2.75) is 220 Å². The smallest absolute Gasteiger partial charge is 0.668 e. The van der Waals surface area contributed by atoms with Gasteiger partial charge in [-0.25, -0.2) is 39.3 Å². The van der Waals surface area contributed by atoms with Crippen molar-refractivity contribution < 1.29 is 85.1 Å². The van der Waals surface area contributed by atoms with Gasteiger partial charge in [0, 0.05) is 62.4 Å². The number of likely N-dealkylation sites (tertiary alicyclic amines) is 2. The topological polar surface area (TPSA) is 305 Å². The Hall–Kier alpha value is -4.44. The number of aromatic nitrogens is 4. The van der Waals surface area contributed by atoms with Gasteiger partial charge < -0.3 is 67.4 Å². The molecule has 2 aliphatic heterocycles. The monoisotopic (exact) mass is 1470 g/mol. The number of hydrogen-bond donors (Lipinski definition) is 4. The number of ether oxygens (including phenoxy) is 6. The number of piperidine rings is 2. The van der Waals surface area contributed by atoms with E-state index in [4.69, 9.17) is 62.6 Å². The molecule has 98 heavy (non-hydrogen) atoms. The fourth-order valence-electron chi connectivity index (χ4n) is 10.8. The normalized spacial score (nSPS) is 15.3. The van der Waals surface area contributed by atoms with Gasteiger partial charge >= 0.3 is 43.0 Å². The van der Waals surface area contributed by atoms with Crippen LogP contribution in [-0.4, -0.2) is 171 Å². The Labute approximate surface area is 605 Å². The van der Waals surface area contributed by atoms with E-state index in [1.807, 2.05) is 90.1 Å². The number of carbonyl (C=O) groups is 4. The number of nitrogen functional groups attached to an aromatic ring is 1. The first-order valence-corrected chi connectivity index (χ1v) is 49.1. The Bertz CT molecular complexity index is 3160. The van der Waals surface area contributed by atoms with Gasteiger partial charge in [-0.1, -0.05) is 97.3 Å². The van der Waals surface area contributed by atoms with Crippen LogP contribution >= 0.6 is 15.7 Å². The molecule has 0 bridgehead atoms. The molecule has 2 aromatic heterocycles. The average Bonchev–Trinajstić information content (AvgIpc) is 1.63. The first-order valence-electron chi connectivity index (χ1n) is 33.5. The molecule has 0 aliphatic carbocycles. The van der Waals surface area contributed by atoms with Crippen LogP contribution in [0.15, 0.2) is 48.5 Å². The summed E-state index contributed by atoms with van der Waals surface area (Å²) in [4.78, 5) is 85.3. The summed E-state index contributed by atoms with van der Waals surface area (Å²) in [5.41, 5.74) is 6.59. The fraction of sp³-hybridized carbons (Fsp3) is 0.676. The van der Waals surface area contributed by atoms with Gasteiger partial charge in [-0.15, -0.1) is 0 Å². The Balaban J connectivity index is 0.000000552. The molecular formula is C68H120LiN9O14P2Si4. The Morgan fingerprint density at radius 1 is 0.622 bits per heavy atom. The second-order valence-corrected chi connectivity index (χ2v) is 53.4. The number of nitrogens with one attached hydrogen (secondary N) is 1. The van der Waals surface area contributed by atoms with Gasteiger partial charge in [0.2, 0.25) is 8.02 Å². The summed E-state index contributed by atoms with van der Waals surface area (Å²) < 4.78 is 51.4. The van der Waals surface area contributed by atoms with Gasteiger partial charge in [0.15, 0.2) is 28.0 Å². The number of nitrogens with zero attached hydrogens (tertiary/aromatic N) is 6. The molecule has 6 rings (SSSR count). The molecule has 3 unspecified atom stereocenters. The third kappa shape index (κ3) is 28.8. The van der Waals surface area contributed by atoms with Crippen molar-refractivity contribution in [3.05, 3.63) is 76.2 Å². The van der Waals surface area contributed by atoms with E-state index in [2.05, 4.69) is 118 Å². The molecule has 2 aliphatic rings. The Morgan fingerprint density at radius 3 is 1.30 bits per heavy atom. The van der Waals surface area contributed by atoms with E-state index in [9.17, 15) is 24.1 Å². The van der Waals surface area contributed by atoms with Gasteiger partial charge in [0.25, 0.3) is 7.66 Å². The molecule has 3 atom stereocenters. The molecule has 23 nitrogen and oxygen atoms in total. The number of methoxy groups -OCH3 is 4. The molecule has 2 saturated heterocycles. The first-order chi connectivity index (χ1) is 44.5. The second kappa shape index (κ2) is 38.2. The summed E-state index contributed by atoms with van der Waals surface area (Å²) in [6.45, 7) is 50.9. The van der Waals surface area contributed by atoms with Crippen molar-refractivity contribution in [2.75, 3.05) is 73.7 Å². The third-order valence-corrected chi connectivity index (χ3v) is 32.8. The Morgan fingerprint density at radius 2 is 0.980 bits per heavy atom. The quantitative estimate of drug-likeness (QED) is 0.0210. The van der Waals surface area contributed by atoms with Crippen molar-refractivity contribution in [3.8, 4) is 34.0 Å². The number of carbonyl (C=O) groups excluding carboxylic acids is 4. The summed E-state index contributed by atoms with van der Waals surface area (Å²) in [5.74, 6) is 8.74. The molecule has 6 N–H and O–H groups in total. The summed E-state index contributed by atoms with van der Waals surface area (Å²) in [6, 6.07) is 14.8. The van der Waals surface area contributed by atoms with Crippen molar-refractivity contribution in [1.29, 1.82) is 0 Å². The minimum absolute atomic E-state index is 0. The molecule has 0 saturated carbocycles. The molecule has 0 radical (unpaired) electrons. The van der Waals surface area contributed by atoms with E-state index < -0.39 is 63.9 Å². The van der Waals surface area contributed by atoms with Crippen molar-refractivity contribution in [3.63, 3.8) is 0 Å². The number of H-pyrrole nitrogens is 1. The molecular weight excluding hydrogens is 1350 g/mol. The summed E-state index contributed by atoms with van der Waals surface area (Å²) in [5, 5.41) is 0.179. The predicted octanol–water partition coefficient (Wildman–Crippen LogP) is 12.6.